The third-order valence-electron chi connectivity index (χ3n) is 3.27. The van der Waals surface area contributed by atoms with Gasteiger partial charge in [0.15, 0.2) is 0 Å². The Labute approximate surface area is 115 Å². The monoisotopic (exact) mass is 272 g/mol. The second kappa shape index (κ2) is 8.91. The molecule has 0 aromatic carbocycles. The molecule has 0 aromatic rings. The van der Waals surface area contributed by atoms with Gasteiger partial charge in [0.05, 0.1) is 6.42 Å². The van der Waals surface area contributed by atoms with Gasteiger partial charge < -0.3 is 16.2 Å². The van der Waals surface area contributed by atoms with E-state index in [2.05, 4.69) is 19.2 Å². The number of hydrogen-bond donors (Lipinski definition) is 3. The van der Waals surface area contributed by atoms with Gasteiger partial charge in [-0.1, -0.05) is 27.2 Å². The van der Waals surface area contributed by atoms with Crippen molar-refractivity contribution in [2.45, 2.75) is 65.3 Å². The van der Waals surface area contributed by atoms with Crippen LogP contribution in [0.25, 0.3) is 0 Å². The summed E-state index contributed by atoms with van der Waals surface area (Å²) < 4.78 is 0. The van der Waals surface area contributed by atoms with E-state index in [0.29, 0.717) is 19.4 Å². The highest BCUT2D eigenvalue weighted by atomic mass is 16.4. The number of hydrogen-bond acceptors (Lipinski definition) is 3. The van der Waals surface area contributed by atoms with Crippen LogP contribution >= 0.6 is 0 Å². The van der Waals surface area contributed by atoms with Crippen molar-refractivity contribution < 1.29 is 14.7 Å². The number of rotatable bonds is 10. The molecule has 112 valence electrons. The molecule has 5 heteroatoms. The number of nitrogens with two attached hydrogens (primary N) is 1. The topological polar surface area (TPSA) is 92.4 Å². The molecule has 0 heterocycles. The first-order chi connectivity index (χ1) is 8.80. The van der Waals surface area contributed by atoms with Crippen LogP contribution in [0.5, 0.6) is 0 Å². The molecule has 0 aliphatic heterocycles. The maximum absolute atomic E-state index is 11.8. The van der Waals surface area contributed by atoms with Crippen LogP contribution in [0.1, 0.15) is 59.3 Å². The Morgan fingerprint density at radius 2 is 1.95 bits per heavy atom. The molecule has 0 fully saturated rings. The average molecular weight is 272 g/mol. The molecule has 19 heavy (non-hydrogen) atoms. The number of amides is 1. The van der Waals surface area contributed by atoms with E-state index in [0.717, 1.165) is 19.3 Å². The van der Waals surface area contributed by atoms with Crippen molar-refractivity contribution in [2.75, 3.05) is 6.54 Å². The molecular weight excluding hydrogens is 244 g/mol. The standard InChI is InChI=1S/C14H28N2O3/c1-4-5-11(10-13(18)19)16-12(17)6-7-14(2,3)8-9-15/h11H,4-10,15H2,1-3H3,(H,16,17)(H,18,19). The van der Waals surface area contributed by atoms with Gasteiger partial charge in [0.1, 0.15) is 0 Å². The molecule has 0 radical (unpaired) electrons. The van der Waals surface area contributed by atoms with Gasteiger partial charge >= 0.3 is 5.97 Å². The molecule has 0 aliphatic carbocycles. The Hall–Kier alpha value is -1.10. The summed E-state index contributed by atoms with van der Waals surface area (Å²) in [5, 5.41) is 11.6. The van der Waals surface area contributed by atoms with Crippen molar-refractivity contribution in [1.82, 2.24) is 5.32 Å². The zero-order valence-corrected chi connectivity index (χ0v) is 12.4. The highest BCUT2D eigenvalue weighted by molar-refractivity contribution is 5.77. The molecule has 1 unspecified atom stereocenters. The van der Waals surface area contributed by atoms with Crippen LogP contribution in [0.2, 0.25) is 0 Å². The van der Waals surface area contributed by atoms with Crippen LogP contribution in [0, 0.1) is 5.41 Å². The minimum atomic E-state index is -0.873. The molecule has 1 amide bonds. The summed E-state index contributed by atoms with van der Waals surface area (Å²) in [5.41, 5.74) is 5.59. The Balaban J connectivity index is 4.15. The lowest BCUT2D eigenvalue weighted by atomic mass is 9.84. The molecule has 0 spiro atoms. The molecular formula is C14H28N2O3. The van der Waals surface area contributed by atoms with Crippen LogP contribution < -0.4 is 11.1 Å². The summed E-state index contributed by atoms with van der Waals surface area (Å²) in [5.74, 6) is -0.938. The van der Waals surface area contributed by atoms with Crippen molar-refractivity contribution in [3.05, 3.63) is 0 Å². The summed E-state index contributed by atoms with van der Waals surface area (Å²) in [4.78, 5) is 22.5. The van der Waals surface area contributed by atoms with Crippen LogP contribution in [0.15, 0.2) is 0 Å². The third-order valence-corrected chi connectivity index (χ3v) is 3.27. The van der Waals surface area contributed by atoms with Crippen LogP contribution in [-0.4, -0.2) is 29.6 Å². The fourth-order valence-electron chi connectivity index (χ4n) is 2.05. The lowest BCUT2D eigenvalue weighted by Gasteiger charge is -2.24. The second-order valence-corrected chi connectivity index (χ2v) is 5.85. The smallest absolute Gasteiger partial charge is 0.305 e. The SMILES string of the molecule is CCCC(CC(=O)O)NC(=O)CCC(C)(C)CCN. The Bertz CT molecular complexity index is 290. The first kappa shape index (κ1) is 17.9. The van der Waals surface area contributed by atoms with E-state index >= 15 is 0 Å². The molecule has 0 saturated carbocycles. The zero-order valence-electron chi connectivity index (χ0n) is 12.4. The molecule has 0 aromatic heterocycles. The molecule has 0 bridgehead atoms. The molecule has 1 atom stereocenters. The van der Waals surface area contributed by atoms with Crippen molar-refractivity contribution >= 4 is 11.9 Å². The quantitative estimate of drug-likeness (QED) is 0.566. The molecule has 0 saturated heterocycles. The number of carboxylic acid groups (broad SMARTS) is 1. The average Bonchev–Trinajstić information content (AvgIpc) is 2.26. The van der Waals surface area contributed by atoms with Gasteiger partial charge in [-0.2, -0.15) is 0 Å². The Morgan fingerprint density at radius 3 is 2.42 bits per heavy atom. The van der Waals surface area contributed by atoms with Crippen LogP contribution in [-0.2, 0) is 9.59 Å². The molecule has 5 nitrogen and oxygen atoms in total. The van der Waals surface area contributed by atoms with Gasteiger partial charge in [-0.25, -0.2) is 0 Å². The number of carbonyl (C=O) groups excluding carboxylic acids is 1. The highest BCUT2D eigenvalue weighted by Gasteiger charge is 2.20. The second-order valence-electron chi connectivity index (χ2n) is 5.85. The van der Waals surface area contributed by atoms with Gasteiger partial charge in [0.2, 0.25) is 5.91 Å². The summed E-state index contributed by atoms with van der Waals surface area (Å²) in [6.45, 7) is 6.78. The minimum Gasteiger partial charge on any atom is -0.481 e. The highest BCUT2D eigenvalue weighted by Crippen LogP contribution is 2.25. The number of carbonyl (C=O) groups is 2. The Kier molecular flexibility index (Phi) is 8.39. The lowest BCUT2D eigenvalue weighted by molar-refractivity contribution is -0.137. The third kappa shape index (κ3) is 9.47. The predicted molar refractivity (Wildman–Crippen MR) is 75.8 cm³/mol. The summed E-state index contributed by atoms with van der Waals surface area (Å²) in [6.07, 6.45) is 3.62. The molecule has 0 aliphatic rings. The summed E-state index contributed by atoms with van der Waals surface area (Å²) in [6, 6.07) is -0.257. The first-order valence-electron chi connectivity index (χ1n) is 7.02. The normalized spacial score (nSPS) is 13.1. The first-order valence-corrected chi connectivity index (χ1v) is 7.02. The van der Waals surface area contributed by atoms with E-state index in [1.165, 1.54) is 0 Å². The molecule has 4 N–H and O–H groups in total. The van der Waals surface area contributed by atoms with E-state index in [4.69, 9.17) is 10.8 Å². The predicted octanol–water partition coefficient (Wildman–Crippen LogP) is 1.90. The molecule has 0 rings (SSSR count). The van der Waals surface area contributed by atoms with Gasteiger partial charge in [-0.15, -0.1) is 0 Å². The number of carboxylic acids is 1. The largest absolute Gasteiger partial charge is 0.481 e. The van der Waals surface area contributed by atoms with Gasteiger partial charge in [-0.3, -0.25) is 9.59 Å². The van der Waals surface area contributed by atoms with E-state index in [-0.39, 0.29) is 23.8 Å². The fourth-order valence-corrected chi connectivity index (χ4v) is 2.05. The van der Waals surface area contributed by atoms with Crippen molar-refractivity contribution in [2.24, 2.45) is 11.1 Å². The van der Waals surface area contributed by atoms with Crippen LogP contribution in [0.4, 0.5) is 0 Å². The lowest BCUT2D eigenvalue weighted by Crippen LogP contribution is -2.37. The van der Waals surface area contributed by atoms with Crippen LogP contribution in [0.3, 0.4) is 0 Å². The van der Waals surface area contributed by atoms with E-state index < -0.39 is 5.97 Å². The maximum Gasteiger partial charge on any atom is 0.305 e. The summed E-state index contributed by atoms with van der Waals surface area (Å²) in [7, 11) is 0. The van der Waals surface area contributed by atoms with Crippen molar-refractivity contribution in [1.29, 1.82) is 0 Å². The summed E-state index contributed by atoms with van der Waals surface area (Å²) >= 11 is 0. The van der Waals surface area contributed by atoms with E-state index in [1.807, 2.05) is 6.92 Å². The van der Waals surface area contributed by atoms with E-state index in [9.17, 15) is 9.59 Å². The van der Waals surface area contributed by atoms with E-state index in [1.54, 1.807) is 0 Å². The van der Waals surface area contributed by atoms with Crippen molar-refractivity contribution in [3.8, 4) is 0 Å². The van der Waals surface area contributed by atoms with Gasteiger partial charge in [-0.05, 0) is 31.2 Å². The van der Waals surface area contributed by atoms with Gasteiger partial charge in [0.25, 0.3) is 0 Å². The minimum absolute atomic E-state index is 0.00816. The zero-order chi connectivity index (χ0) is 14.9. The number of nitrogens with one attached hydrogen (secondary N) is 1. The maximum atomic E-state index is 11.8. The van der Waals surface area contributed by atoms with Crippen molar-refractivity contribution in [3.63, 3.8) is 0 Å². The Morgan fingerprint density at radius 1 is 1.32 bits per heavy atom. The number of aliphatic carboxylic acids is 1. The fraction of sp³-hybridized carbons (Fsp3) is 0.857. The van der Waals surface area contributed by atoms with Gasteiger partial charge in [0, 0.05) is 12.5 Å².